The van der Waals surface area contributed by atoms with Crippen molar-refractivity contribution in [3.8, 4) is 0 Å². The van der Waals surface area contributed by atoms with Gasteiger partial charge in [0.2, 0.25) is 0 Å². The van der Waals surface area contributed by atoms with Crippen molar-refractivity contribution in [1.29, 1.82) is 0 Å². The van der Waals surface area contributed by atoms with Crippen molar-refractivity contribution in [3.05, 3.63) is 23.9 Å². The van der Waals surface area contributed by atoms with Crippen molar-refractivity contribution < 1.29 is 18.0 Å². The number of carbonyl (C=O) groups is 1. The van der Waals surface area contributed by atoms with Crippen molar-refractivity contribution in [2.75, 3.05) is 0 Å². The Morgan fingerprint density at radius 1 is 1.33 bits per heavy atom. The van der Waals surface area contributed by atoms with Gasteiger partial charge in [0, 0.05) is 6.92 Å². The molecule has 0 aromatic rings. The number of allylic oxidation sites excluding steroid dienone is 3. The van der Waals surface area contributed by atoms with E-state index in [-0.39, 0.29) is 5.71 Å². The highest BCUT2D eigenvalue weighted by molar-refractivity contribution is 6.43. The lowest BCUT2D eigenvalue weighted by Gasteiger charge is -2.06. The van der Waals surface area contributed by atoms with Crippen LogP contribution in [0.1, 0.15) is 40.0 Å². The molecule has 2 nitrogen and oxygen atoms in total. The molecule has 0 heterocycles. The summed E-state index contributed by atoms with van der Waals surface area (Å²) in [4.78, 5) is 14.5. The first-order valence-electron chi connectivity index (χ1n) is 5.71. The lowest BCUT2D eigenvalue weighted by atomic mass is 10.1. The van der Waals surface area contributed by atoms with Gasteiger partial charge in [-0.3, -0.25) is 4.79 Å². The van der Waals surface area contributed by atoms with Crippen LogP contribution < -0.4 is 0 Å². The molecular weight excluding hydrogens is 243 g/mol. The predicted octanol–water partition coefficient (Wildman–Crippen LogP) is 4.23. The summed E-state index contributed by atoms with van der Waals surface area (Å²) in [7, 11) is 0. The third-order valence-corrected chi connectivity index (χ3v) is 2.25. The van der Waals surface area contributed by atoms with E-state index in [1.54, 1.807) is 6.92 Å². The second-order valence-corrected chi connectivity index (χ2v) is 4.09. The molecule has 0 aliphatic carbocycles. The van der Waals surface area contributed by atoms with Crippen molar-refractivity contribution in [2.24, 2.45) is 4.99 Å². The van der Waals surface area contributed by atoms with E-state index in [0.717, 1.165) is 24.8 Å². The van der Waals surface area contributed by atoms with Crippen molar-refractivity contribution in [3.63, 3.8) is 0 Å². The molecule has 0 radical (unpaired) electrons. The molecule has 5 heteroatoms. The minimum Gasteiger partial charge on any atom is -0.293 e. The van der Waals surface area contributed by atoms with Crippen LogP contribution in [0.2, 0.25) is 0 Å². The topological polar surface area (TPSA) is 29.4 Å². The Hall–Kier alpha value is -1.39. The van der Waals surface area contributed by atoms with E-state index in [1.807, 2.05) is 6.92 Å². The van der Waals surface area contributed by atoms with Gasteiger partial charge in [-0.05, 0) is 25.8 Å². The number of aliphatic imine (C=N–C) groups is 1. The van der Waals surface area contributed by atoms with Crippen LogP contribution in [0.5, 0.6) is 0 Å². The average molecular weight is 261 g/mol. The van der Waals surface area contributed by atoms with Crippen molar-refractivity contribution in [1.82, 2.24) is 0 Å². The highest BCUT2D eigenvalue weighted by Gasteiger charge is 2.32. The number of halogens is 3. The summed E-state index contributed by atoms with van der Waals surface area (Å²) in [5, 5.41) is 0. The van der Waals surface area contributed by atoms with Gasteiger partial charge in [0.05, 0.1) is 0 Å². The number of nitrogens with zero attached hydrogens (tertiary/aromatic N) is 1. The van der Waals surface area contributed by atoms with Crippen LogP contribution in [0.4, 0.5) is 13.2 Å². The van der Waals surface area contributed by atoms with Gasteiger partial charge in [-0.1, -0.05) is 25.5 Å². The Kier molecular flexibility index (Phi) is 6.58. The predicted molar refractivity (Wildman–Crippen MR) is 66.6 cm³/mol. The fourth-order valence-corrected chi connectivity index (χ4v) is 1.18. The first-order valence-corrected chi connectivity index (χ1v) is 5.71. The van der Waals surface area contributed by atoms with Gasteiger partial charge in [-0.25, -0.2) is 4.99 Å². The third kappa shape index (κ3) is 6.37. The van der Waals surface area contributed by atoms with E-state index >= 15 is 0 Å². The highest BCUT2D eigenvalue weighted by Crippen LogP contribution is 2.25. The maximum Gasteiger partial charge on any atom is 0.432 e. The minimum absolute atomic E-state index is 0.203. The molecule has 0 spiro atoms. The number of hydrogen-bond donors (Lipinski definition) is 0. The van der Waals surface area contributed by atoms with Crippen molar-refractivity contribution in [2.45, 2.75) is 46.2 Å². The first-order chi connectivity index (χ1) is 8.18. The molecule has 0 fully saturated rings. The molecule has 18 heavy (non-hydrogen) atoms. The molecule has 0 aromatic carbocycles. The quantitative estimate of drug-likeness (QED) is 0.658. The van der Waals surface area contributed by atoms with Gasteiger partial charge in [-0.15, -0.1) is 0 Å². The van der Waals surface area contributed by atoms with Gasteiger partial charge < -0.3 is 0 Å². The normalized spacial score (nSPS) is 13.7. The van der Waals surface area contributed by atoms with E-state index in [2.05, 4.69) is 11.6 Å². The molecule has 0 aromatic heterocycles. The Balaban J connectivity index is 5.05. The Morgan fingerprint density at radius 3 is 2.28 bits per heavy atom. The minimum atomic E-state index is -4.61. The van der Waals surface area contributed by atoms with Gasteiger partial charge >= 0.3 is 6.18 Å². The van der Waals surface area contributed by atoms with Gasteiger partial charge in [0.1, 0.15) is 11.4 Å². The summed E-state index contributed by atoms with van der Waals surface area (Å²) in [6.45, 7) is 7.79. The van der Waals surface area contributed by atoms with Crippen LogP contribution in [-0.4, -0.2) is 17.7 Å². The van der Waals surface area contributed by atoms with E-state index < -0.39 is 17.7 Å². The zero-order chi connectivity index (χ0) is 14.3. The number of hydrogen-bond acceptors (Lipinski definition) is 2. The molecule has 0 aliphatic heterocycles. The van der Waals surface area contributed by atoms with Crippen LogP contribution in [0.3, 0.4) is 0 Å². The number of rotatable bonds is 6. The molecule has 0 rings (SSSR count). The van der Waals surface area contributed by atoms with Crippen LogP contribution >= 0.6 is 0 Å². The monoisotopic (exact) mass is 261 g/mol. The highest BCUT2D eigenvalue weighted by atomic mass is 19.4. The molecule has 0 amide bonds. The molecule has 0 saturated heterocycles. The average Bonchev–Trinajstić information content (AvgIpc) is 2.23. The standard InChI is InChI=1S/C13H18F3NO/c1-5-6-7-9(2)8-12(10(3)18)17-11(4)13(14,15)16/h8H,4-7H2,1-3H3/b9-8-,17-12?. The number of Topliss-reactive ketones (excluding diaryl/α,β-unsaturated/α-hetero) is 1. The maximum atomic E-state index is 12.3. The van der Waals surface area contributed by atoms with Crippen LogP contribution in [0.15, 0.2) is 28.9 Å². The van der Waals surface area contributed by atoms with Crippen LogP contribution in [-0.2, 0) is 4.79 Å². The smallest absolute Gasteiger partial charge is 0.293 e. The summed E-state index contributed by atoms with van der Waals surface area (Å²) in [6.07, 6.45) is -0.567. The summed E-state index contributed by atoms with van der Waals surface area (Å²) in [5.74, 6) is -0.503. The van der Waals surface area contributed by atoms with E-state index in [9.17, 15) is 18.0 Å². The fraction of sp³-hybridized carbons (Fsp3) is 0.538. The number of ketones is 1. The molecule has 0 saturated carbocycles. The second kappa shape index (κ2) is 7.13. The Bertz CT molecular complexity index is 378. The third-order valence-electron chi connectivity index (χ3n) is 2.25. The van der Waals surface area contributed by atoms with Crippen molar-refractivity contribution >= 4 is 11.5 Å². The SMILES string of the molecule is C=C(N=C(/C=C(/C)CCCC)C(C)=O)C(F)(F)F. The molecule has 0 N–H and O–H groups in total. The molecule has 0 unspecified atom stereocenters. The molecule has 0 bridgehead atoms. The largest absolute Gasteiger partial charge is 0.432 e. The summed E-state index contributed by atoms with van der Waals surface area (Å²) in [6, 6.07) is 0. The summed E-state index contributed by atoms with van der Waals surface area (Å²) >= 11 is 0. The van der Waals surface area contributed by atoms with Gasteiger partial charge in [0.15, 0.2) is 5.78 Å². The maximum absolute atomic E-state index is 12.3. The number of carbonyl (C=O) groups excluding carboxylic acids is 1. The van der Waals surface area contributed by atoms with Crippen LogP contribution in [0, 0.1) is 0 Å². The molecular formula is C13H18F3NO. The van der Waals surface area contributed by atoms with Gasteiger partial charge in [0.25, 0.3) is 0 Å². The lowest BCUT2D eigenvalue weighted by molar-refractivity contribution is -0.111. The lowest BCUT2D eigenvalue weighted by Crippen LogP contribution is -2.14. The van der Waals surface area contributed by atoms with Gasteiger partial charge in [-0.2, -0.15) is 13.2 Å². The zero-order valence-corrected chi connectivity index (χ0v) is 10.9. The van der Waals surface area contributed by atoms with E-state index in [0.29, 0.717) is 0 Å². The Morgan fingerprint density at radius 2 is 1.89 bits per heavy atom. The van der Waals surface area contributed by atoms with E-state index in [4.69, 9.17) is 0 Å². The number of unbranched alkanes of at least 4 members (excludes halogenated alkanes) is 1. The molecule has 102 valence electrons. The molecule has 0 atom stereocenters. The fourth-order valence-electron chi connectivity index (χ4n) is 1.18. The summed E-state index contributed by atoms with van der Waals surface area (Å²) < 4.78 is 36.8. The number of alkyl halides is 3. The van der Waals surface area contributed by atoms with Crippen LogP contribution in [0.25, 0.3) is 0 Å². The zero-order valence-electron chi connectivity index (χ0n) is 10.9. The Labute approximate surface area is 105 Å². The van der Waals surface area contributed by atoms with E-state index in [1.165, 1.54) is 13.0 Å². The molecule has 0 aliphatic rings. The summed E-state index contributed by atoms with van der Waals surface area (Å²) in [5.41, 5.74) is -0.626. The second-order valence-electron chi connectivity index (χ2n) is 4.09. The first kappa shape index (κ1) is 16.6.